The molecule has 0 saturated heterocycles. The van der Waals surface area contributed by atoms with Gasteiger partial charge in [-0.1, -0.05) is 31.9 Å². The Kier molecular flexibility index (Phi) is 3.39. The minimum atomic E-state index is -0.0672. The lowest BCUT2D eigenvalue weighted by Gasteiger charge is -2.02. The molecule has 1 aromatic rings. The van der Waals surface area contributed by atoms with E-state index in [1.54, 1.807) is 12.1 Å². The Balaban J connectivity index is 3.38. The van der Waals surface area contributed by atoms with Gasteiger partial charge in [0, 0.05) is 20.1 Å². The summed E-state index contributed by atoms with van der Waals surface area (Å²) in [5.74, 6) is -0.0672. The third-order valence-corrected chi connectivity index (χ3v) is 2.94. The molecule has 0 heterocycles. The van der Waals surface area contributed by atoms with Gasteiger partial charge < -0.3 is 0 Å². The number of aldehydes is 1. The lowest BCUT2D eigenvalue weighted by atomic mass is 10.1. The molecule has 2 nitrogen and oxygen atoms in total. The van der Waals surface area contributed by atoms with Gasteiger partial charge in [-0.2, -0.15) is 0 Å². The summed E-state index contributed by atoms with van der Waals surface area (Å²) in [5, 5.41) is 0. The van der Waals surface area contributed by atoms with Crippen molar-refractivity contribution in [1.82, 2.24) is 0 Å². The van der Waals surface area contributed by atoms with Gasteiger partial charge in [-0.25, -0.2) is 0 Å². The second-order valence-corrected chi connectivity index (χ2v) is 4.24. The van der Waals surface area contributed by atoms with Crippen molar-refractivity contribution in [2.75, 3.05) is 0 Å². The zero-order valence-corrected chi connectivity index (χ0v) is 9.98. The average molecular weight is 306 g/mol. The molecule has 0 fully saturated rings. The van der Waals surface area contributed by atoms with Crippen molar-refractivity contribution < 1.29 is 9.59 Å². The molecule has 0 spiro atoms. The van der Waals surface area contributed by atoms with Gasteiger partial charge in [0.15, 0.2) is 12.1 Å². The van der Waals surface area contributed by atoms with Crippen molar-refractivity contribution in [3.05, 3.63) is 32.2 Å². The van der Waals surface area contributed by atoms with Crippen LogP contribution in [0.4, 0.5) is 0 Å². The van der Waals surface area contributed by atoms with E-state index < -0.39 is 0 Å². The van der Waals surface area contributed by atoms with E-state index in [4.69, 9.17) is 0 Å². The van der Waals surface area contributed by atoms with Crippen LogP contribution >= 0.6 is 31.9 Å². The van der Waals surface area contributed by atoms with Crippen molar-refractivity contribution in [3.63, 3.8) is 0 Å². The molecule has 0 N–H and O–H groups in total. The van der Waals surface area contributed by atoms with E-state index >= 15 is 0 Å². The third-order valence-electron chi connectivity index (χ3n) is 1.59. The number of hydrogen-bond acceptors (Lipinski definition) is 2. The molecule has 1 rings (SSSR count). The quantitative estimate of drug-likeness (QED) is 0.621. The topological polar surface area (TPSA) is 34.1 Å². The van der Waals surface area contributed by atoms with Gasteiger partial charge in [-0.3, -0.25) is 9.59 Å². The number of hydrogen-bond donors (Lipinski definition) is 0. The maximum absolute atomic E-state index is 11.1. The van der Waals surface area contributed by atoms with Crippen molar-refractivity contribution in [1.29, 1.82) is 0 Å². The molecule has 68 valence electrons. The highest BCUT2D eigenvalue weighted by molar-refractivity contribution is 9.11. The van der Waals surface area contributed by atoms with Crippen molar-refractivity contribution in [3.8, 4) is 0 Å². The van der Waals surface area contributed by atoms with Crippen LogP contribution in [-0.4, -0.2) is 12.1 Å². The molecule has 4 heteroatoms. The zero-order chi connectivity index (χ0) is 10.0. The molecular formula is C9H6Br2O2. The highest BCUT2D eigenvalue weighted by Gasteiger charge is 2.09. The smallest absolute Gasteiger partial charge is 0.160 e. The number of benzene rings is 1. The molecule has 0 amide bonds. The molecule has 0 saturated carbocycles. The molecule has 0 bridgehead atoms. The number of ketones is 1. The van der Waals surface area contributed by atoms with Crippen LogP contribution in [0.5, 0.6) is 0 Å². The van der Waals surface area contributed by atoms with E-state index in [1.165, 1.54) is 6.92 Å². The number of rotatable bonds is 2. The summed E-state index contributed by atoms with van der Waals surface area (Å²) in [6, 6.07) is 3.25. The second kappa shape index (κ2) is 4.15. The normalized spacial score (nSPS) is 9.77. The predicted octanol–water partition coefficient (Wildman–Crippen LogP) is 3.23. The number of halogens is 2. The van der Waals surface area contributed by atoms with E-state index in [0.29, 0.717) is 26.4 Å². The predicted molar refractivity (Wildman–Crippen MR) is 57.2 cm³/mol. The Morgan fingerprint density at radius 3 is 2.38 bits per heavy atom. The van der Waals surface area contributed by atoms with E-state index in [-0.39, 0.29) is 5.78 Å². The molecule has 1 aromatic carbocycles. The molecule has 0 radical (unpaired) electrons. The lowest BCUT2D eigenvalue weighted by Crippen LogP contribution is -1.96. The molecule has 0 aromatic heterocycles. The van der Waals surface area contributed by atoms with Gasteiger partial charge in [0.1, 0.15) is 0 Å². The van der Waals surface area contributed by atoms with E-state index in [2.05, 4.69) is 31.9 Å². The first-order valence-electron chi connectivity index (χ1n) is 3.51. The molecule has 0 aliphatic heterocycles. The van der Waals surface area contributed by atoms with Crippen LogP contribution in [0.3, 0.4) is 0 Å². The van der Waals surface area contributed by atoms with E-state index in [0.717, 1.165) is 0 Å². The third kappa shape index (κ3) is 2.25. The largest absolute Gasteiger partial charge is 0.298 e. The first-order chi connectivity index (χ1) is 6.06. The molecular weight excluding hydrogens is 300 g/mol. The van der Waals surface area contributed by atoms with E-state index in [1.807, 2.05) is 0 Å². The zero-order valence-electron chi connectivity index (χ0n) is 6.80. The first kappa shape index (κ1) is 10.6. The Morgan fingerprint density at radius 1 is 1.31 bits per heavy atom. The molecule has 13 heavy (non-hydrogen) atoms. The summed E-state index contributed by atoms with van der Waals surface area (Å²) in [6.07, 6.45) is 0.711. The Bertz CT molecular complexity index is 372. The summed E-state index contributed by atoms with van der Waals surface area (Å²) in [6.45, 7) is 1.46. The summed E-state index contributed by atoms with van der Waals surface area (Å²) in [5.41, 5.74) is 0.999. The Morgan fingerprint density at radius 2 is 1.92 bits per heavy atom. The van der Waals surface area contributed by atoms with Gasteiger partial charge >= 0.3 is 0 Å². The van der Waals surface area contributed by atoms with Gasteiger partial charge in [0.2, 0.25) is 0 Å². The molecule has 0 unspecified atom stereocenters. The van der Waals surface area contributed by atoms with Crippen molar-refractivity contribution in [2.45, 2.75) is 6.92 Å². The van der Waals surface area contributed by atoms with Crippen LogP contribution in [-0.2, 0) is 0 Å². The van der Waals surface area contributed by atoms with Crippen LogP contribution in [0.15, 0.2) is 21.1 Å². The summed E-state index contributed by atoms with van der Waals surface area (Å²) >= 11 is 6.46. The highest BCUT2D eigenvalue weighted by atomic mass is 79.9. The average Bonchev–Trinajstić information content (AvgIpc) is 2.03. The number of carbonyl (C=O) groups is 2. The maximum atomic E-state index is 11.1. The number of Topliss-reactive ketones (excluding diaryl/α,β-unsaturated/α-hetero) is 1. The van der Waals surface area contributed by atoms with Crippen LogP contribution in [0.25, 0.3) is 0 Å². The van der Waals surface area contributed by atoms with Crippen molar-refractivity contribution >= 4 is 43.9 Å². The SMILES string of the molecule is CC(=O)c1cc(C=O)c(Br)cc1Br. The monoisotopic (exact) mass is 304 g/mol. The standard InChI is InChI=1S/C9H6Br2O2/c1-5(13)7-2-6(4-12)8(10)3-9(7)11/h2-4H,1H3. The minimum absolute atomic E-state index is 0.0672. The van der Waals surface area contributed by atoms with Crippen LogP contribution in [0, 0.1) is 0 Å². The minimum Gasteiger partial charge on any atom is -0.298 e. The summed E-state index contributed by atoms with van der Waals surface area (Å²) in [4.78, 5) is 21.6. The van der Waals surface area contributed by atoms with Crippen LogP contribution in [0.1, 0.15) is 27.6 Å². The number of carbonyl (C=O) groups excluding carboxylic acids is 2. The Labute approximate surface area is 92.6 Å². The fourth-order valence-electron chi connectivity index (χ4n) is 0.926. The summed E-state index contributed by atoms with van der Waals surface area (Å²) < 4.78 is 1.37. The highest BCUT2D eigenvalue weighted by Crippen LogP contribution is 2.25. The molecule has 0 aliphatic rings. The Hall–Kier alpha value is -0.480. The fourth-order valence-corrected chi connectivity index (χ4v) is 2.29. The first-order valence-corrected chi connectivity index (χ1v) is 5.10. The van der Waals surface area contributed by atoms with Crippen molar-refractivity contribution in [2.24, 2.45) is 0 Å². The van der Waals surface area contributed by atoms with E-state index in [9.17, 15) is 9.59 Å². The van der Waals surface area contributed by atoms with Gasteiger partial charge in [-0.15, -0.1) is 0 Å². The fraction of sp³-hybridized carbons (Fsp3) is 0.111. The van der Waals surface area contributed by atoms with Gasteiger partial charge in [-0.05, 0) is 19.1 Å². The molecule has 0 aliphatic carbocycles. The summed E-state index contributed by atoms with van der Waals surface area (Å²) in [7, 11) is 0. The van der Waals surface area contributed by atoms with Crippen LogP contribution in [0.2, 0.25) is 0 Å². The molecule has 0 atom stereocenters. The van der Waals surface area contributed by atoms with Gasteiger partial charge in [0.25, 0.3) is 0 Å². The second-order valence-electron chi connectivity index (χ2n) is 2.53. The van der Waals surface area contributed by atoms with Gasteiger partial charge in [0.05, 0.1) is 0 Å². The maximum Gasteiger partial charge on any atom is 0.160 e. The van der Waals surface area contributed by atoms with Crippen LogP contribution < -0.4 is 0 Å². The lowest BCUT2D eigenvalue weighted by molar-refractivity contribution is 0.101.